The number of hydrogen-bond donors (Lipinski definition) is 2. The lowest BCUT2D eigenvalue weighted by Gasteiger charge is -2.34. The highest BCUT2D eigenvalue weighted by Crippen LogP contribution is 2.38. The molecule has 1 fully saturated rings. The number of phenols is 1. The van der Waals surface area contributed by atoms with Gasteiger partial charge in [-0.3, -0.25) is 34.3 Å². The largest absolute Gasteiger partial charge is 0.507 e. The van der Waals surface area contributed by atoms with Gasteiger partial charge in [0.2, 0.25) is 5.91 Å². The zero-order valence-corrected chi connectivity index (χ0v) is 18.3. The number of imide groups is 2. The predicted octanol–water partition coefficient (Wildman–Crippen LogP) is 1.50. The zero-order valence-electron chi connectivity index (χ0n) is 18.3. The normalized spacial score (nSPS) is 18.8. The average Bonchev–Trinajstić information content (AvgIpc) is 2.95. The molecular formula is C21H25N3O8. The van der Waals surface area contributed by atoms with Crippen molar-refractivity contribution < 1.29 is 38.6 Å². The molecule has 2 aliphatic rings. The lowest BCUT2D eigenvalue weighted by molar-refractivity contribution is -0.152. The monoisotopic (exact) mass is 447 g/mol. The van der Waals surface area contributed by atoms with Crippen LogP contribution in [0.15, 0.2) is 12.1 Å². The lowest BCUT2D eigenvalue weighted by atomic mass is 10.0. The second-order valence-electron chi connectivity index (χ2n) is 8.42. The molecule has 172 valence electrons. The van der Waals surface area contributed by atoms with E-state index >= 15 is 0 Å². The summed E-state index contributed by atoms with van der Waals surface area (Å²) in [5, 5.41) is 12.7. The van der Waals surface area contributed by atoms with Gasteiger partial charge in [0.1, 0.15) is 17.4 Å². The number of methoxy groups -OCH3 is 1. The molecule has 32 heavy (non-hydrogen) atoms. The quantitative estimate of drug-likeness (QED) is 0.511. The molecular weight excluding hydrogens is 422 g/mol. The number of carbonyl (C=O) groups excluding carboxylic acids is 5. The Labute approximate surface area is 184 Å². The van der Waals surface area contributed by atoms with Crippen LogP contribution in [0.2, 0.25) is 0 Å². The van der Waals surface area contributed by atoms with Crippen LogP contribution in [-0.2, 0) is 19.1 Å². The van der Waals surface area contributed by atoms with Crippen molar-refractivity contribution >= 4 is 35.4 Å². The third-order valence-corrected chi connectivity index (χ3v) is 5.00. The first-order valence-electron chi connectivity index (χ1n) is 10.0. The molecule has 0 spiro atoms. The Morgan fingerprint density at radius 3 is 2.44 bits per heavy atom. The van der Waals surface area contributed by atoms with Gasteiger partial charge in [0.15, 0.2) is 0 Å². The summed E-state index contributed by atoms with van der Waals surface area (Å²) in [5.41, 5.74) is -1.41. The van der Waals surface area contributed by atoms with E-state index in [-0.39, 0.29) is 42.8 Å². The van der Waals surface area contributed by atoms with Crippen molar-refractivity contribution in [2.75, 3.05) is 25.6 Å². The van der Waals surface area contributed by atoms with Gasteiger partial charge >= 0.3 is 6.09 Å². The molecule has 1 aromatic rings. The summed E-state index contributed by atoms with van der Waals surface area (Å²) in [4.78, 5) is 65.3. The highest BCUT2D eigenvalue weighted by atomic mass is 16.6. The van der Waals surface area contributed by atoms with Crippen LogP contribution in [0.5, 0.6) is 5.75 Å². The molecule has 1 saturated heterocycles. The standard InChI is InChI=1S/C21H25N3O8/c1-21(2,3)32-20(30)22-11-5-7-13(25)16-15(11)18(28)24(19(16)29)12-6-8-14(26)23(17(12)27)9-10-31-4/h5,7,12,25H,6,8-10H2,1-4H3,(H,22,30). The van der Waals surface area contributed by atoms with E-state index in [4.69, 9.17) is 9.47 Å². The zero-order chi connectivity index (χ0) is 23.8. The molecule has 11 nitrogen and oxygen atoms in total. The lowest BCUT2D eigenvalue weighted by Crippen LogP contribution is -2.56. The van der Waals surface area contributed by atoms with Gasteiger partial charge in [0, 0.05) is 13.5 Å². The summed E-state index contributed by atoms with van der Waals surface area (Å²) in [5.74, 6) is -3.32. The Morgan fingerprint density at radius 2 is 1.81 bits per heavy atom. The number of rotatable bonds is 5. The summed E-state index contributed by atoms with van der Waals surface area (Å²) in [6, 6.07) is 1.21. The Hall–Kier alpha value is -3.47. The van der Waals surface area contributed by atoms with E-state index < -0.39 is 47.1 Å². The number of benzene rings is 1. The minimum absolute atomic E-state index is 0.00939. The molecule has 0 aromatic heterocycles. The van der Waals surface area contributed by atoms with Crippen LogP contribution in [-0.4, -0.2) is 76.5 Å². The molecule has 0 radical (unpaired) electrons. The topological polar surface area (TPSA) is 143 Å². The first-order chi connectivity index (χ1) is 15.0. The van der Waals surface area contributed by atoms with Gasteiger partial charge in [-0.25, -0.2) is 4.79 Å². The van der Waals surface area contributed by atoms with Crippen molar-refractivity contribution in [1.29, 1.82) is 0 Å². The van der Waals surface area contributed by atoms with Gasteiger partial charge in [0.25, 0.3) is 17.7 Å². The second kappa shape index (κ2) is 8.58. The summed E-state index contributed by atoms with van der Waals surface area (Å²) in [6.07, 6.45) is -0.931. The molecule has 11 heteroatoms. The minimum atomic E-state index is -1.22. The molecule has 0 saturated carbocycles. The number of phenolic OH excluding ortho intramolecular Hbond substituents is 1. The number of nitrogens with one attached hydrogen (secondary N) is 1. The molecule has 2 heterocycles. The van der Waals surface area contributed by atoms with Crippen LogP contribution < -0.4 is 5.32 Å². The van der Waals surface area contributed by atoms with E-state index in [1.54, 1.807) is 20.8 Å². The van der Waals surface area contributed by atoms with E-state index in [0.717, 1.165) is 15.9 Å². The average molecular weight is 447 g/mol. The maximum atomic E-state index is 13.2. The van der Waals surface area contributed by atoms with Gasteiger partial charge < -0.3 is 14.6 Å². The summed E-state index contributed by atoms with van der Waals surface area (Å²) in [7, 11) is 1.42. The molecule has 5 amide bonds. The molecule has 2 aliphatic heterocycles. The fourth-order valence-electron chi connectivity index (χ4n) is 3.64. The Morgan fingerprint density at radius 1 is 1.16 bits per heavy atom. The van der Waals surface area contributed by atoms with E-state index in [1.165, 1.54) is 13.2 Å². The van der Waals surface area contributed by atoms with E-state index in [2.05, 4.69) is 5.32 Å². The van der Waals surface area contributed by atoms with Crippen molar-refractivity contribution in [3.05, 3.63) is 23.3 Å². The third kappa shape index (κ3) is 4.28. The van der Waals surface area contributed by atoms with Crippen LogP contribution in [0, 0.1) is 0 Å². The van der Waals surface area contributed by atoms with Crippen molar-refractivity contribution in [2.45, 2.75) is 45.3 Å². The number of anilines is 1. The molecule has 2 N–H and O–H groups in total. The van der Waals surface area contributed by atoms with Crippen LogP contribution >= 0.6 is 0 Å². The van der Waals surface area contributed by atoms with Crippen molar-refractivity contribution in [2.24, 2.45) is 0 Å². The smallest absolute Gasteiger partial charge is 0.412 e. The number of nitrogens with zero attached hydrogens (tertiary/aromatic N) is 2. The summed E-state index contributed by atoms with van der Waals surface area (Å²) in [6.45, 7) is 5.09. The number of ether oxygens (including phenoxy) is 2. The van der Waals surface area contributed by atoms with Gasteiger partial charge in [-0.1, -0.05) is 0 Å². The van der Waals surface area contributed by atoms with Gasteiger partial charge in [-0.15, -0.1) is 0 Å². The molecule has 1 unspecified atom stereocenters. The van der Waals surface area contributed by atoms with Crippen LogP contribution in [0.1, 0.15) is 54.3 Å². The number of hydrogen-bond acceptors (Lipinski definition) is 8. The molecule has 0 aliphatic carbocycles. The van der Waals surface area contributed by atoms with Crippen molar-refractivity contribution in [1.82, 2.24) is 9.80 Å². The second-order valence-corrected chi connectivity index (χ2v) is 8.42. The molecule has 0 bridgehead atoms. The Balaban J connectivity index is 1.93. The molecule has 1 aromatic carbocycles. The summed E-state index contributed by atoms with van der Waals surface area (Å²) >= 11 is 0. The highest BCUT2D eigenvalue weighted by molar-refractivity contribution is 6.27. The fraction of sp³-hybridized carbons (Fsp3) is 0.476. The van der Waals surface area contributed by atoms with E-state index in [0.29, 0.717) is 0 Å². The number of likely N-dealkylation sites (tertiary alicyclic amines) is 1. The maximum Gasteiger partial charge on any atom is 0.412 e. The fourth-order valence-corrected chi connectivity index (χ4v) is 3.64. The number of fused-ring (bicyclic) bond motifs is 1. The maximum absolute atomic E-state index is 13.2. The SMILES string of the molecule is COCCN1C(=O)CCC(N2C(=O)c3c(O)ccc(NC(=O)OC(C)(C)C)c3C2=O)C1=O. The number of aromatic hydroxyl groups is 1. The first kappa shape index (κ1) is 23.2. The van der Waals surface area contributed by atoms with Gasteiger partial charge in [-0.2, -0.15) is 0 Å². The van der Waals surface area contributed by atoms with Crippen LogP contribution in [0.25, 0.3) is 0 Å². The predicted molar refractivity (Wildman–Crippen MR) is 110 cm³/mol. The van der Waals surface area contributed by atoms with E-state index in [1.807, 2.05) is 0 Å². The minimum Gasteiger partial charge on any atom is -0.507 e. The first-order valence-corrected chi connectivity index (χ1v) is 10.0. The number of piperidine rings is 1. The van der Waals surface area contributed by atoms with Crippen molar-refractivity contribution in [3.8, 4) is 5.75 Å². The molecule has 3 rings (SSSR count). The van der Waals surface area contributed by atoms with Crippen LogP contribution in [0.4, 0.5) is 10.5 Å². The van der Waals surface area contributed by atoms with E-state index in [9.17, 15) is 29.1 Å². The van der Waals surface area contributed by atoms with Crippen LogP contribution in [0.3, 0.4) is 0 Å². The number of carbonyl (C=O) groups is 5. The summed E-state index contributed by atoms with van der Waals surface area (Å²) < 4.78 is 10.1. The van der Waals surface area contributed by atoms with Gasteiger partial charge in [-0.05, 0) is 39.3 Å². The van der Waals surface area contributed by atoms with Crippen molar-refractivity contribution in [3.63, 3.8) is 0 Å². The Bertz CT molecular complexity index is 997. The Kier molecular flexibility index (Phi) is 6.22. The third-order valence-electron chi connectivity index (χ3n) is 5.00. The highest BCUT2D eigenvalue weighted by Gasteiger charge is 2.49. The number of amides is 5. The van der Waals surface area contributed by atoms with Gasteiger partial charge in [0.05, 0.1) is 30.0 Å². The molecule has 1 atom stereocenters.